The van der Waals surface area contributed by atoms with Crippen molar-refractivity contribution in [2.45, 2.75) is 32.0 Å². The maximum Gasteiger partial charge on any atom is 0.163 e. The van der Waals surface area contributed by atoms with Gasteiger partial charge < -0.3 is 5.32 Å². The van der Waals surface area contributed by atoms with Gasteiger partial charge in [-0.3, -0.25) is 14.7 Å². The summed E-state index contributed by atoms with van der Waals surface area (Å²) in [5, 5.41) is 5.85. The summed E-state index contributed by atoms with van der Waals surface area (Å²) >= 11 is 4.87. The predicted octanol–water partition coefficient (Wildman–Crippen LogP) is 4.41. The fraction of sp³-hybridized carbons (Fsp3) is 0.381. The zero-order valence-electron chi connectivity index (χ0n) is 16.4. The Morgan fingerprint density at radius 1 is 1.40 bits per heavy atom. The number of hydrogen-bond acceptors (Lipinski definition) is 6. The number of ketones is 1. The molecule has 1 atom stereocenters. The third-order valence-electron chi connectivity index (χ3n) is 5.09. The van der Waals surface area contributed by atoms with Gasteiger partial charge in [0.05, 0.1) is 0 Å². The van der Waals surface area contributed by atoms with Crippen molar-refractivity contribution in [2.75, 3.05) is 19.6 Å². The minimum Gasteiger partial charge on any atom is -0.340 e. The van der Waals surface area contributed by atoms with Crippen LogP contribution in [0.15, 0.2) is 50.5 Å². The molecule has 0 radical (unpaired) electrons. The second-order valence-corrected chi connectivity index (χ2v) is 9.11. The molecule has 0 amide bonds. The van der Waals surface area contributed by atoms with Gasteiger partial charge in [-0.05, 0) is 24.1 Å². The Bertz CT molecular complexity index is 1000. The van der Waals surface area contributed by atoms with E-state index in [9.17, 15) is 13.6 Å². The van der Waals surface area contributed by atoms with Crippen LogP contribution in [-0.2, 0) is 4.79 Å². The summed E-state index contributed by atoms with van der Waals surface area (Å²) in [4.78, 5) is 24.3. The summed E-state index contributed by atoms with van der Waals surface area (Å²) in [5.41, 5.74) is 1.96. The summed E-state index contributed by atoms with van der Waals surface area (Å²) in [6.07, 6.45) is 1.94. The van der Waals surface area contributed by atoms with E-state index >= 15 is 0 Å². The van der Waals surface area contributed by atoms with E-state index in [-0.39, 0.29) is 11.6 Å². The van der Waals surface area contributed by atoms with Gasteiger partial charge in [-0.25, -0.2) is 13.8 Å². The van der Waals surface area contributed by atoms with Crippen molar-refractivity contribution in [3.63, 3.8) is 0 Å². The van der Waals surface area contributed by atoms with Crippen molar-refractivity contribution in [3.8, 4) is 0 Å². The van der Waals surface area contributed by atoms with E-state index in [2.05, 4.69) is 26.2 Å². The van der Waals surface area contributed by atoms with Crippen LogP contribution in [0.1, 0.15) is 36.4 Å². The zero-order chi connectivity index (χ0) is 21.3. The summed E-state index contributed by atoms with van der Waals surface area (Å²) in [7, 11) is 0. The first kappa shape index (κ1) is 21.3. The number of amidine groups is 1. The van der Waals surface area contributed by atoms with Gasteiger partial charge in [-0.15, -0.1) is 11.3 Å². The van der Waals surface area contributed by atoms with Crippen LogP contribution in [0.2, 0.25) is 0 Å². The minimum absolute atomic E-state index is 0.0134. The molecular formula is C21H21BrF2N4OS. The molecule has 4 rings (SSSR count). The molecule has 0 spiro atoms. The number of alkyl halides is 1. The Morgan fingerprint density at radius 3 is 2.83 bits per heavy atom. The second-order valence-electron chi connectivity index (χ2n) is 7.37. The molecule has 2 aliphatic heterocycles. The van der Waals surface area contributed by atoms with E-state index in [0.717, 1.165) is 0 Å². The van der Waals surface area contributed by atoms with Gasteiger partial charge in [0, 0.05) is 53.4 Å². The fourth-order valence-corrected chi connectivity index (χ4v) is 4.82. The van der Waals surface area contributed by atoms with Crippen molar-refractivity contribution < 1.29 is 13.6 Å². The van der Waals surface area contributed by atoms with Crippen LogP contribution in [0.5, 0.6) is 0 Å². The number of rotatable bonds is 7. The number of aliphatic imine (C=N–C) groups is 1. The van der Waals surface area contributed by atoms with Crippen LogP contribution in [0, 0.1) is 5.82 Å². The van der Waals surface area contributed by atoms with E-state index in [4.69, 9.17) is 4.99 Å². The minimum atomic E-state index is -0.835. The first-order chi connectivity index (χ1) is 14.5. The van der Waals surface area contributed by atoms with Gasteiger partial charge in [-0.1, -0.05) is 28.9 Å². The lowest BCUT2D eigenvalue weighted by atomic mass is 9.90. The highest BCUT2D eigenvalue weighted by Crippen LogP contribution is 2.37. The highest BCUT2D eigenvalue weighted by molar-refractivity contribution is 9.10. The lowest BCUT2D eigenvalue weighted by molar-refractivity contribution is -0.116. The van der Waals surface area contributed by atoms with E-state index in [1.165, 1.54) is 23.5 Å². The topological polar surface area (TPSA) is 57.6 Å². The van der Waals surface area contributed by atoms with Crippen LogP contribution >= 0.6 is 27.3 Å². The molecule has 1 saturated heterocycles. The summed E-state index contributed by atoms with van der Waals surface area (Å²) in [6, 6.07) is 3.79. The van der Waals surface area contributed by atoms with Crippen LogP contribution in [-0.4, -0.2) is 47.3 Å². The quantitative estimate of drug-likeness (QED) is 0.619. The normalized spacial score (nSPS) is 20.0. The average Bonchev–Trinajstić information content (AvgIpc) is 3.21. The SMILES string of the molecule is CCCC(=O)C1=C(CN2CC(F)C2)NC(c2nccs2)=N[C@H]1c1ccc(F)cc1Br. The Balaban J connectivity index is 1.81. The molecule has 2 aromatic rings. The van der Waals surface area contributed by atoms with Gasteiger partial charge in [0.2, 0.25) is 0 Å². The number of likely N-dealkylation sites (tertiary alicyclic amines) is 1. The monoisotopic (exact) mass is 494 g/mol. The first-order valence-corrected chi connectivity index (χ1v) is 11.5. The summed E-state index contributed by atoms with van der Waals surface area (Å²) in [6.45, 7) is 3.06. The number of carbonyl (C=O) groups is 1. The molecule has 0 bridgehead atoms. The van der Waals surface area contributed by atoms with E-state index < -0.39 is 12.2 Å². The molecule has 158 valence electrons. The van der Waals surface area contributed by atoms with Gasteiger partial charge in [-0.2, -0.15) is 0 Å². The molecule has 3 heterocycles. The molecular weight excluding hydrogens is 474 g/mol. The lowest BCUT2D eigenvalue weighted by Crippen LogP contribution is -2.51. The molecule has 0 saturated carbocycles. The molecule has 30 heavy (non-hydrogen) atoms. The number of thiazole rings is 1. The molecule has 1 fully saturated rings. The first-order valence-electron chi connectivity index (χ1n) is 9.78. The smallest absolute Gasteiger partial charge is 0.163 e. The number of Topliss-reactive ketones (excluding diaryl/α,β-unsaturated/α-hetero) is 1. The van der Waals surface area contributed by atoms with Crippen LogP contribution < -0.4 is 5.32 Å². The number of nitrogens with one attached hydrogen (secondary N) is 1. The molecule has 5 nitrogen and oxygen atoms in total. The fourth-order valence-electron chi connectivity index (χ4n) is 3.67. The van der Waals surface area contributed by atoms with E-state index in [0.29, 0.717) is 64.6 Å². The molecule has 1 aromatic heterocycles. The van der Waals surface area contributed by atoms with E-state index in [1.54, 1.807) is 12.3 Å². The van der Waals surface area contributed by atoms with Crippen LogP contribution in [0.25, 0.3) is 0 Å². The van der Waals surface area contributed by atoms with Crippen LogP contribution in [0.3, 0.4) is 0 Å². The Labute approximate surface area is 186 Å². The van der Waals surface area contributed by atoms with Crippen molar-refractivity contribution >= 4 is 38.9 Å². The molecule has 0 aliphatic carbocycles. The lowest BCUT2D eigenvalue weighted by Gasteiger charge is -2.37. The maximum absolute atomic E-state index is 13.7. The maximum atomic E-state index is 13.7. The summed E-state index contributed by atoms with van der Waals surface area (Å²) in [5.74, 6) is 0.177. The number of aromatic nitrogens is 1. The Hall–Kier alpha value is -1.97. The van der Waals surface area contributed by atoms with Crippen molar-refractivity contribution in [1.29, 1.82) is 0 Å². The molecule has 1 aromatic carbocycles. The van der Waals surface area contributed by atoms with Gasteiger partial charge >= 0.3 is 0 Å². The van der Waals surface area contributed by atoms with Gasteiger partial charge in [0.25, 0.3) is 0 Å². The van der Waals surface area contributed by atoms with Crippen LogP contribution in [0.4, 0.5) is 8.78 Å². The number of carbonyl (C=O) groups excluding carboxylic acids is 1. The van der Waals surface area contributed by atoms with Crippen molar-refractivity contribution in [3.05, 3.63) is 61.9 Å². The highest BCUT2D eigenvalue weighted by atomic mass is 79.9. The molecule has 1 N–H and O–H groups in total. The van der Waals surface area contributed by atoms with E-state index in [1.807, 2.05) is 17.2 Å². The van der Waals surface area contributed by atoms with Gasteiger partial charge in [0.1, 0.15) is 18.0 Å². The molecule has 2 aliphatic rings. The molecule has 9 heteroatoms. The Kier molecular flexibility index (Phi) is 6.40. The number of nitrogens with zero attached hydrogens (tertiary/aromatic N) is 3. The molecule has 0 unspecified atom stereocenters. The highest BCUT2D eigenvalue weighted by Gasteiger charge is 2.35. The third kappa shape index (κ3) is 4.38. The predicted molar refractivity (Wildman–Crippen MR) is 117 cm³/mol. The standard InChI is InChI=1S/C21H21BrF2N4OS/c1-2-3-17(29)18-16(11-28-9-13(24)10-28)26-20(21-25-6-7-30-21)27-19(18)14-5-4-12(23)8-15(14)22/h4-8,13,19H,2-3,9-11H2,1H3,(H,26,27)/t19-/m0/s1. The second kappa shape index (κ2) is 9.03. The third-order valence-corrected chi connectivity index (χ3v) is 6.56. The Morgan fingerprint density at radius 2 is 2.20 bits per heavy atom. The van der Waals surface area contributed by atoms with Gasteiger partial charge in [0.15, 0.2) is 16.6 Å². The van der Waals surface area contributed by atoms with Crippen molar-refractivity contribution in [1.82, 2.24) is 15.2 Å². The largest absolute Gasteiger partial charge is 0.340 e. The zero-order valence-corrected chi connectivity index (χ0v) is 18.8. The number of hydrogen-bond donors (Lipinski definition) is 1. The van der Waals surface area contributed by atoms with Crippen molar-refractivity contribution in [2.24, 2.45) is 4.99 Å². The summed E-state index contributed by atoms with van der Waals surface area (Å²) < 4.78 is 27.7. The number of halogens is 3. The average molecular weight is 495 g/mol. The number of benzene rings is 1.